The molecule has 0 radical (unpaired) electrons. The Balaban J connectivity index is 1.67. The van der Waals surface area contributed by atoms with E-state index < -0.39 is 6.04 Å². The lowest BCUT2D eigenvalue weighted by atomic mass is 10.1. The van der Waals surface area contributed by atoms with Crippen LogP contribution in [0.1, 0.15) is 18.9 Å². The topological polar surface area (TPSA) is 70.2 Å². The summed E-state index contributed by atoms with van der Waals surface area (Å²) in [6.07, 6.45) is -0.135. The fourth-order valence-electron chi connectivity index (χ4n) is 3.40. The maximum atomic E-state index is 12.8. The molecule has 0 unspecified atom stereocenters. The third-order valence-corrected chi connectivity index (χ3v) is 4.76. The molecule has 2 fully saturated rings. The van der Waals surface area contributed by atoms with Crippen molar-refractivity contribution in [2.24, 2.45) is 0 Å². The Morgan fingerprint density at radius 2 is 1.84 bits per heavy atom. The zero-order chi connectivity index (χ0) is 18.0. The summed E-state index contributed by atoms with van der Waals surface area (Å²) in [5.74, 6) is -0.346. The van der Waals surface area contributed by atoms with E-state index in [0.29, 0.717) is 38.5 Å². The molecule has 0 saturated carbocycles. The SMILES string of the molecule is CCOC(=O)N1CCN([C@@H]2CC(=O)N(c3ccccc3C)C2=O)CC1. The molecule has 1 aromatic rings. The zero-order valence-corrected chi connectivity index (χ0v) is 14.6. The molecule has 0 bridgehead atoms. The van der Waals surface area contributed by atoms with E-state index in [0.717, 1.165) is 5.56 Å². The van der Waals surface area contributed by atoms with Crippen LogP contribution in [0, 0.1) is 6.92 Å². The van der Waals surface area contributed by atoms with Gasteiger partial charge in [0, 0.05) is 26.2 Å². The summed E-state index contributed by atoms with van der Waals surface area (Å²) in [4.78, 5) is 42.0. The highest BCUT2D eigenvalue weighted by Gasteiger charge is 2.44. The number of benzene rings is 1. The summed E-state index contributed by atoms with van der Waals surface area (Å²) in [6, 6.07) is 6.95. The molecule has 0 aromatic heterocycles. The number of anilines is 1. The van der Waals surface area contributed by atoms with Gasteiger partial charge in [-0.1, -0.05) is 18.2 Å². The van der Waals surface area contributed by atoms with Crippen LogP contribution in [0.2, 0.25) is 0 Å². The summed E-state index contributed by atoms with van der Waals surface area (Å²) >= 11 is 0. The lowest BCUT2D eigenvalue weighted by molar-refractivity contribution is -0.123. The minimum Gasteiger partial charge on any atom is -0.450 e. The van der Waals surface area contributed by atoms with Gasteiger partial charge in [0.2, 0.25) is 5.91 Å². The molecule has 3 amide bonds. The summed E-state index contributed by atoms with van der Waals surface area (Å²) in [7, 11) is 0. The maximum Gasteiger partial charge on any atom is 0.409 e. The number of carbonyl (C=O) groups excluding carboxylic acids is 3. The Morgan fingerprint density at radius 1 is 1.16 bits per heavy atom. The first kappa shape index (κ1) is 17.4. The minimum atomic E-state index is -0.448. The van der Waals surface area contributed by atoms with E-state index >= 15 is 0 Å². The predicted molar refractivity (Wildman–Crippen MR) is 92.2 cm³/mol. The number of para-hydroxylation sites is 1. The molecule has 7 nitrogen and oxygen atoms in total. The number of rotatable bonds is 3. The number of ether oxygens (including phenoxy) is 1. The normalized spacial score (nSPS) is 21.8. The number of imide groups is 1. The van der Waals surface area contributed by atoms with Crippen molar-refractivity contribution >= 4 is 23.6 Å². The van der Waals surface area contributed by atoms with Gasteiger partial charge in [0.15, 0.2) is 0 Å². The first-order valence-corrected chi connectivity index (χ1v) is 8.61. The Labute approximate surface area is 147 Å². The van der Waals surface area contributed by atoms with Crippen molar-refractivity contribution in [3.63, 3.8) is 0 Å². The van der Waals surface area contributed by atoms with Crippen LogP contribution in [-0.2, 0) is 14.3 Å². The van der Waals surface area contributed by atoms with Crippen molar-refractivity contribution in [1.29, 1.82) is 0 Å². The predicted octanol–water partition coefficient (Wildman–Crippen LogP) is 1.40. The number of piperazine rings is 1. The van der Waals surface area contributed by atoms with Crippen molar-refractivity contribution < 1.29 is 19.1 Å². The molecular formula is C18H23N3O4. The fraction of sp³-hybridized carbons (Fsp3) is 0.500. The van der Waals surface area contributed by atoms with E-state index in [9.17, 15) is 14.4 Å². The molecule has 2 aliphatic heterocycles. The molecule has 0 aliphatic carbocycles. The molecule has 2 aliphatic rings. The van der Waals surface area contributed by atoms with Crippen LogP contribution < -0.4 is 4.90 Å². The summed E-state index contributed by atoms with van der Waals surface area (Å²) in [5.41, 5.74) is 1.56. The van der Waals surface area contributed by atoms with E-state index in [2.05, 4.69) is 0 Å². The van der Waals surface area contributed by atoms with Crippen LogP contribution in [0.25, 0.3) is 0 Å². The van der Waals surface area contributed by atoms with E-state index in [1.54, 1.807) is 17.9 Å². The number of hydrogen-bond acceptors (Lipinski definition) is 5. The van der Waals surface area contributed by atoms with E-state index in [1.807, 2.05) is 30.0 Å². The molecule has 25 heavy (non-hydrogen) atoms. The van der Waals surface area contributed by atoms with Gasteiger partial charge >= 0.3 is 6.09 Å². The number of aryl methyl sites for hydroxylation is 1. The smallest absolute Gasteiger partial charge is 0.409 e. The lowest BCUT2D eigenvalue weighted by Gasteiger charge is -2.36. The average molecular weight is 345 g/mol. The van der Waals surface area contributed by atoms with Crippen LogP contribution in [0.5, 0.6) is 0 Å². The summed E-state index contributed by atoms with van der Waals surface area (Å²) in [6.45, 7) is 6.13. The van der Waals surface area contributed by atoms with Crippen molar-refractivity contribution in [2.75, 3.05) is 37.7 Å². The van der Waals surface area contributed by atoms with Gasteiger partial charge in [-0.2, -0.15) is 0 Å². The van der Waals surface area contributed by atoms with Gasteiger partial charge in [-0.15, -0.1) is 0 Å². The molecule has 0 N–H and O–H groups in total. The van der Waals surface area contributed by atoms with Crippen LogP contribution >= 0.6 is 0 Å². The Morgan fingerprint density at radius 3 is 2.48 bits per heavy atom. The zero-order valence-electron chi connectivity index (χ0n) is 14.6. The third-order valence-electron chi connectivity index (χ3n) is 4.76. The fourth-order valence-corrected chi connectivity index (χ4v) is 3.40. The van der Waals surface area contributed by atoms with Gasteiger partial charge in [0.05, 0.1) is 24.8 Å². The van der Waals surface area contributed by atoms with Gasteiger partial charge in [0.1, 0.15) is 0 Å². The second kappa shape index (κ2) is 7.23. The van der Waals surface area contributed by atoms with Gasteiger partial charge < -0.3 is 9.64 Å². The Hall–Kier alpha value is -2.41. The van der Waals surface area contributed by atoms with E-state index in [-0.39, 0.29) is 24.3 Å². The second-order valence-electron chi connectivity index (χ2n) is 6.30. The lowest BCUT2D eigenvalue weighted by Crippen LogP contribution is -2.54. The van der Waals surface area contributed by atoms with Crippen molar-refractivity contribution in [2.45, 2.75) is 26.3 Å². The highest BCUT2D eigenvalue weighted by atomic mass is 16.6. The Kier molecular flexibility index (Phi) is 5.03. The largest absolute Gasteiger partial charge is 0.450 e. The number of hydrogen-bond donors (Lipinski definition) is 0. The van der Waals surface area contributed by atoms with Crippen LogP contribution in [-0.4, -0.2) is 66.5 Å². The van der Waals surface area contributed by atoms with Crippen LogP contribution in [0.4, 0.5) is 10.5 Å². The first-order chi connectivity index (χ1) is 12.0. The molecule has 0 spiro atoms. The highest BCUT2D eigenvalue weighted by molar-refractivity contribution is 6.22. The number of nitrogens with zero attached hydrogens (tertiary/aromatic N) is 3. The molecule has 2 heterocycles. The van der Waals surface area contributed by atoms with Gasteiger partial charge in [-0.05, 0) is 25.5 Å². The minimum absolute atomic E-state index is 0.169. The van der Waals surface area contributed by atoms with E-state index in [4.69, 9.17) is 4.74 Å². The van der Waals surface area contributed by atoms with Crippen molar-refractivity contribution in [3.8, 4) is 0 Å². The molecule has 1 atom stereocenters. The number of carbonyl (C=O) groups is 3. The highest BCUT2D eigenvalue weighted by Crippen LogP contribution is 2.28. The van der Waals surface area contributed by atoms with Crippen molar-refractivity contribution in [1.82, 2.24) is 9.80 Å². The average Bonchev–Trinajstić information content (AvgIpc) is 2.90. The van der Waals surface area contributed by atoms with Crippen LogP contribution in [0.15, 0.2) is 24.3 Å². The van der Waals surface area contributed by atoms with Crippen molar-refractivity contribution in [3.05, 3.63) is 29.8 Å². The monoisotopic (exact) mass is 345 g/mol. The third kappa shape index (κ3) is 3.37. The van der Waals surface area contributed by atoms with Gasteiger partial charge in [-0.3, -0.25) is 14.5 Å². The molecule has 3 rings (SSSR count). The van der Waals surface area contributed by atoms with E-state index in [1.165, 1.54) is 4.90 Å². The summed E-state index contributed by atoms with van der Waals surface area (Å²) in [5, 5.41) is 0. The molecule has 1 aromatic carbocycles. The number of amides is 3. The van der Waals surface area contributed by atoms with Crippen LogP contribution in [0.3, 0.4) is 0 Å². The molecular weight excluding hydrogens is 322 g/mol. The second-order valence-corrected chi connectivity index (χ2v) is 6.30. The molecule has 7 heteroatoms. The standard InChI is InChI=1S/C18H23N3O4/c1-3-25-18(24)20-10-8-19(9-11-20)15-12-16(22)21(17(15)23)14-7-5-4-6-13(14)2/h4-7,15H,3,8-12H2,1-2H3/t15-/m1/s1. The molecule has 2 saturated heterocycles. The Bertz CT molecular complexity index is 683. The summed E-state index contributed by atoms with van der Waals surface area (Å²) < 4.78 is 5.01. The van der Waals surface area contributed by atoms with Gasteiger partial charge in [0.25, 0.3) is 5.91 Å². The quantitative estimate of drug-likeness (QED) is 0.775. The molecule has 134 valence electrons. The van der Waals surface area contributed by atoms with Gasteiger partial charge in [-0.25, -0.2) is 9.69 Å². The maximum absolute atomic E-state index is 12.8. The first-order valence-electron chi connectivity index (χ1n) is 8.61.